The van der Waals surface area contributed by atoms with Crippen molar-refractivity contribution in [3.63, 3.8) is 0 Å². The topological polar surface area (TPSA) is 0 Å². The number of fused-ring (bicyclic) bond motifs is 4. The highest BCUT2D eigenvalue weighted by atomic mass is 14.5. The molecule has 0 radical (unpaired) electrons. The molecule has 4 aliphatic carbocycles. The maximum atomic E-state index is 2.62. The number of allylic oxidation sites excluding steroid dienone is 2. The quantitative estimate of drug-likeness (QED) is 0.495. The molecular formula is C18H28. The molecule has 0 bridgehead atoms. The zero-order valence-electron chi connectivity index (χ0n) is 12.0. The maximum Gasteiger partial charge on any atom is -0.0169 e. The van der Waals surface area contributed by atoms with Gasteiger partial charge in [0.15, 0.2) is 0 Å². The second-order valence-electron chi connectivity index (χ2n) is 7.84. The van der Waals surface area contributed by atoms with Gasteiger partial charge in [0.1, 0.15) is 0 Å². The molecule has 2 fully saturated rings. The molecule has 4 atom stereocenters. The van der Waals surface area contributed by atoms with Crippen molar-refractivity contribution < 1.29 is 0 Å². The molecule has 0 aromatic heterocycles. The Morgan fingerprint density at radius 1 is 0.889 bits per heavy atom. The lowest BCUT2D eigenvalue weighted by atomic mass is 9.54. The third-order valence-electron chi connectivity index (χ3n) is 7.07. The van der Waals surface area contributed by atoms with Crippen LogP contribution in [0.4, 0.5) is 0 Å². The summed E-state index contributed by atoms with van der Waals surface area (Å²) in [5.41, 5.74) is 4.64. The average Bonchev–Trinajstić information content (AvgIpc) is 2.80. The highest BCUT2D eigenvalue weighted by Crippen LogP contribution is 2.61. The molecular weight excluding hydrogens is 216 g/mol. The van der Waals surface area contributed by atoms with Crippen LogP contribution in [0, 0.1) is 23.2 Å². The highest BCUT2D eigenvalue weighted by Gasteiger charge is 2.50. The molecule has 2 saturated carbocycles. The summed E-state index contributed by atoms with van der Waals surface area (Å²) >= 11 is 0. The van der Waals surface area contributed by atoms with Crippen LogP contribution in [-0.2, 0) is 0 Å². The van der Waals surface area contributed by atoms with Gasteiger partial charge in [0.25, 0.3) is 0 Å². The van der Waals surface area contributed by atoms with Gasteiger partial charge in [-0.3, -0.25) is 0 Å². The SMILES string of the molecule is C[C@@]12CCC[C@H]1[C@@H]1CCC3=C(CCCC3)[C@H]1CC2. The van der Waals surface area contributed by atoms with Crippen LogP contribution < -0.4 is 0 Å². The Bertz CT molecular complexity index is 377. The van der Waals surface area contributed by atoms with Gasteiger partial charge in [-0.2, -0.15) is 0 Å². The van der Waals surface area contributed by atoms with Gasteiger partial charge in [-0.15, -0.1) is 0 Å². The van der Waals surface area contributed by atoms with E-state index in [1.54, 1.807) is 12.8 Å². The summed E-state index contributed by atoms with van der Waals surface area (Å²) in [6.07, 6.45) is 16.6. The molecule has 0 nitrogen and oxygen atoms in total. The fourth-order valence-electron chi connectivity index (χ4n) is 6.18. The van der Waals surface area contributed by atoms with Gasteiger partial charge in [-0.05, 0) is 87.4 Å². The van der Waals surface area contributed by atoms with Gasteiger partial charge in [0, 0.05) is 0 Å². The highest BCUT2D eigenvalue weighted by molar-refractivity contribution is 5.25. The summed E-state index contributed by atoms with van der Waals surface area (Å²) in [5, 5.41) is 0. The minimum Gasteiger partial charge on any atom is -0.0707 e. The van der Waals surface area contributed by atoms with Gasteiger partial charge in [-0.25, -0.2) is 0 Å². The molecule has 0 amide bonds. The third-order valence-corrected chi connectivity index (χ3v) is 7.07. The second-order valence-corrected chi connectivity index (χ2v) is 7.84. The molecule has 0 aromatic carbocycles. The van der Waals surface area contributed by atoms with Crippen LogP contribution in [0.25, 0.3) is 0 Å². The van der Waals surface area contributed by atoms with Gasteiger partial charge < -0.3 is 0 Å². The molecule has 0 heterocycles. The predicted octanol–water partition coefficient (Wildman–Crippen LogP) is 5.48. The summed E-state index contributed by atoms with van der Waals surface area (Å²) in [6.45, 7) is 2.62. The van der Waals surface area contributed by atoms with Crippen LogP contribution >= 0.6 is 0 Å². The zero-order valence-corrected chi connectivity index (χ0v) is 12.0. The van der Waals surface area contributed by atoms with Gasteiger partial charge in [-0.1, -0.05) is 24.5 Å². The van der Waals surface area contributed by atoms with E-state index in [0.717, 1.165) is 23.2 Å². The summed E-state index contributed by atoms with van der Waals surface area (Å²) in [6, 6.07) is 0. The third kappa shape index (κ3) is 1.57. The molecule has 0 aromatic rings. The van der Waals surface area contributed by atoms with Crippen molar-refractivity contribution in [2.24, 2.45) is 23.2 Å². The van der Waals surface area contributed by atoms with E-state index in [1.165, 1.54) is 57.8 Å². The molecule has 0 N–H and O–H groups in total. The summed E-state index contributed by atoms with van der Waals surface area (Å²) in [5.74, 6) is 3.21. The van der Waals surface area contributed by atoms with E-state index in [0.29, 0.717) is 0 Å². The van der Waals surface area contributed by atoms with Crippen LogP contribution in [0.5, 0.6) is 0 Å². The van der Waals surface area contributed by atoms with Crippen molar-refractivity contribution in [3.8, 4) is 0 Å². The molecule has 4 aliphatic rings. The van der Waals surface area contributed by atoms with Crippen LogP contribution in [0.1, 0.15) is 77.6 Å². The Hall–Kier alpha value is -0.260. The first kappa shape index (κ1) is 11.6. The number of hydrogen-bond donors (Lipinski definition) is 0. The smallest absolute Gasteiger partial charge is 0.0169 e. The Balaban J connectivity index is 1.66. The standard InChI is InChI=1S/C18H28/c1-18-11-4-7-17(18)16-9-8-13-5-2-3-6-14(13)15(16)10-12-18/h15-17H,2-12H2,1H3/t15-,16-,17+,18+/m1/s1. The first-order valence-electron chi connectivity index (χ1n) is 8.49. The molecule has 100 valence electrons. The van der Waals surface area contributed by atoms with E-state index in [-0.39, 0.29) is 0 Å². The summed E-state index contributed by atoms with van der Waals surface area (Å²) < 4.78 is 0. The first-order valence-corrected chi connectivity index (χ1v) is 8.49. The zero-order chi connectivity index (χ0) is 12.2. The monoisotopic (exact) mass is 244 g/mol. The molecule has 18 heavy (non-hydrogen) atoms. The minimum atomic E-state index is 0.744. The first-order chi connectivity index (χ1) is 8.78. The van der Waals surface area contributed by atoms with Crippen molar-refractivity contribution in [2.75, 3.05) is 0 Å². The van der Waals surface area contributed by atoms with E-state index in [4.69, 9.17) is 0 Å². The van der Waals surface area contributed by atoms with E-state index >= 15 is 0 Å². The van der Waals surface area contributed by atoms with Crippen molar-refractivity contribution in [1.29, 1.82) is 0 Å². The normalized spacial score (nSPS) is 47.5. The summed E-state index contributed by atoms with van der Waals surface area (Å²) in [4.78, 5) is 0. The molecule has 4 rings (SSSR count). The lowest BCUT2D eigenvalue weighted by molar-refractivity contribution is 0.0411. The fraction of sp³-hybridized carbons (Fsp3) is 0.889. The van der Waals surface area contributed by atoms with E-state index in [1.807, 2.05) is 11.1 Å². The van der Waals surface area contributed by atoms with Crippen molar-refractivity contribution in [3.05, 3.63) is 11.1 Å². The van der Waals surface area contributed by atoms with Crippen molar-refractivity contribution >= 4 is 0 Å². The Labute approximate surface area is 112 Å². The largest absolute Gasteiger partial charge is 0.0707 e. The van der Waals surface area contributed by atoms with Crippen LogP contribution in [0.2, 0.25) is 0 Å². The number of hydrogen-bond acceptors (Lipinski definition) is 0. The maximum absolute atomic E-state index is 2.62. The van der Waals surface area contributed by atoms with Gasteiger partial charge in [0.05, 0.1) is 0 Å². The minimum absolute atomic E-state index is 0.744. The lowest BCUT2D eigenvalue weighted by Crippen LogP contribution is -2.41. The second kappa shape index (κ2) is 4.12. The summed E-state index contributed by atoms with van der Waals surface area (Å²) in [7, 11) is 0. The van der Waals surface area contributed by atoms with E-state index in [2.05, 4.69) is 6.92 Å². The predicted molar refractivity (Wildman–Crippen MR) is 76.4 cm³/mol. The number of rotatable bonds is 0. The fourth-order valence-corrected chi connectivity index (χ4v) is 6.18. The molecule has 0 saturated heterocycles. The molecule has 0 heteroatoms. The van der Waals surface area contributed by atoms with Gasteiger partial charge >= 0.3 is 0 Å². The average molecular weight is 244 g/mol. The van der Waals surface area contributed by atoms with E-state index < -0.39 is 0 Å². The Morgan fingerprint density at radius 2 is 1.78 bits per heavy atom. The molecule has 0 aliphatic heterocycles. The Morgan fingerprint density at radius 3 is 2.72 bits per heavy atom. The van der Waals surface area contributed by atoms with Crippen LogP contribution in [-0.4, -0.2) is 0 Å². The van der Waals surface area contributed by atoms with Crippen molar-refractivity contribution in [2.45, 2.75) is 77.6 Å². The van der Waals surface area contributed by atoms with Gasteiger partial charge in [0.2, 0.25) is 0 Å². The van der Waals surface area contributed by atoms with Crippen LogP contribution in [0.15, 0.2) is 11.1 Å². The molecule has 0 spiro atoms. The van der Waals surface area contributed by atoms with E-state index in [9.17, 15) is 0 Å². The Kier molecular flexibility index (Phi) is 2.64. The van der Waals surface area contributed by atoms with Crippen molar-refractivity contribution in [1.82, 2.24) is 0 Å². The van der Waals surface area contributed by atoms with Crippen LogP contribution in [0.3, 0.4) is 0 Å². The molecule has 0 unspecified atom stereocenters. The lowest BCUT2D eigenvalue weighted by Gasteiger charge is -2.50.